The highest BCUT2D eigenvalue weighted by Crippen LogP contribution is 2.18. The van der Waals surface area contributed by atoms with Crippen LogP contribution in [0.2, 0.25) is 0 Å². The minimum atomic E-state index is 0.495. The van der Waals surface area contributed by atoms with Gasteiger partial charge in [-0.15, -0.1) is 0 Å². The van der Waals surface area contributed by atoms with Gasteiger partial charge in [0.05, 0.1) is 0 Å². The lowest BCUT2D eigenvalue weighted by molar-refractivity contribution is 0.996. The van der Waals surface area contributed by atoms with Gasteiger partial charge in [0.1, 0.15) is 0 Å². The third kappa shape index (κ3) is 4.52. The van der Waals surface area contributed by atoms with E-state index in [0.29, 0.717) is 6.54 Å². The first-order valence-corrected chi connectivity index (χ1v) is 6.48. The second kappa shape index (κ2) is 7.67. The number of para-hydroxylation sites is 1. The maximum absolute atomic E-state index is 8.19. The third-order valence-electron chi connectivity index (χ3n) is 2.72. The molecule has 0 aliphatic rings. The molecule has 0 spiro atoms. The predicted molar refractivity (Wildman–Crippen MR) is 83.8 cm³/mol. The monoisotopic (exact) mass is 264 g/mol. The smallest absolute Gasteiger partial charge is 0.0390 e. The summed E-state index contributed by atoms with van der Waals surface area (Å²) >= 11 is 0. The summed E-state index contributed by atoms with van der Waals surface area (Å²) in [4.78, 5) is 2.72. The number of hydrogen-bond donors (Lipinski definition) is 1. The number of hydrogen-bond acceptors (Lipinski definition) is 2. The number of azide groups is 1. The van der Waals surface area contributed by atoms with Crippen molar-refractivity contribution in [2.75, 3.05) is 11.9 Å². The summed E-state index contributed by atoms with van der Waals surface area (Å²) in [5.41, 5.74) is 11.4. The van der Waals surface area contributed by atoms with Crippen molar-refractivity contribution in [3.05, 3.63) is 76.7 Å². The average Bonchev–Trinajstić information content (AvgIpc) is 2.48. The van der Waals surface area contributed by atoms with Gasteiger partial charge in [-0.1, -0.05) is 47.6 Å². The molecule has 0 aliphatic carbocycles. The van der Waals surface area contributed by atoms with E-state index in [1.54, 1.807) is 0 Å². The fourth-order valence-corrected chi connectivity index (χ4v) is 1.80. The highest BCUT2D eigenvalue weighted by Gasteiger charge is 1.94. The summed E-state index contributed by atoms with van der Waals surface area (Å²) in [6.45, 7) is 0.495. The van der Waals surface area contributed by atoms with Crippen molar-refractivity contribution in [2.24, 2.45) is 5.11 Å². The molecule has 0 fully saturated rings. The van der Waals surface area contributed by atoms with Crippen LogP contribution in [0.3, 0.4) is 0 Å². The maximum Gasteiger partial charge on any atom is 0.0390 e. The van der Waals surface area contributed by atoms with Crippen molar-refractivity contribution in [2.45, 2.75) is 6.42 Å². The summed E-state index contributed by atoms with van der Waals surface area (Å²) in [6, 6.07) is 18.2. The van der Waals surface area contributed by atoms with Gasteiger partial charge in [0.2, 0.25) is 0 Å². The lowest BCUT2D eigenvalue weighted by Crippen LogP contribution is -1.89. The summed E-state index contributed by atoms with van der Waals surface area (Å²) in [7, 11) is 0. The van der Waals surface area contributed by atoms with E-state index < -0.39 is 0 Å². The molecule has 0 saturated heterocycles. The molecule has 20 heavy (non-hydrogen) atoms. The summed E-state index contributed by atoms with van der Waals surface area (Å²) < 4.78 is 0. The predicted octanol–water partition coefficient (Wildman–Crippen LogP) is 5.14. The van der Waals surface area contributed by atoms with Crippen LogP contribution < -0.4 is 5.32 Å². The molecule has 0 radical (unpaired) electrons. The van der Waals surface area contributed by atoms with E-state index in [1.807, 2.05) is 60.7 Å². The molecule has 100 valence electrons. The van der Waals surface area contributed by atoms with E-state index in [2.05, 4.69) is 21.4 Å². The highest BCUT2D eigenvalue weighted by atomic mass is 15.1. The molecule has 4 nitrogen and oxygen atoms in total. The Morgan fingerprint density at radius 3 is 2.65 bits per heavy atom. The van der Waals surface area contributed by atoms with E-state index in [1.165, 1.54) is 0 Å². The lowest BCUT2D eigenvalue weighted by Gasteiger charge is -2.06. The zero-order valence-corrected chi connectivity index (χ0v) is 11.1. The molecule has 0 bridgehead atoms. The van der Waals surface area contributed by atoms with Crippen molar-refractivity contribution in [1.29, 1.82) is 0 Å². The molecule has 2 aromatic carbocycles. The van der Waals surface area contributed by atoms with Gasteiger partial charge < -0.3 is 5.32 Å². The topological polar surface area (TPSA) is 60.8 Å². The molecule has 0 heterocycles. The first-order chi connectivity index (χ1) is 9.88. The van der Waals surface area contributed by atoms with Crippen LogP contribution in [0.15, 0.2) is 65.8 Å². The van der Waals surface area contributed by atoms with E-state index in [-0.39, 0.29) is 0 Å². The van der Waals surface area contributed by atoms with Crippen LogP contribution in [0.25, 0.3) is 16.5 Å². The quantitative estimate of drug-likeness (QED) is 0.334. The van der Waals surface area contributed by atoms with Gasteiger partial charge in [0.15, 0.2) is 0 Å². The third-order valence-corrected chi connectivity index (χ3v) is 2.72. The van der Waals surface area contributed by atoms with E-state index in [0.717, 1.165) is 23.4 Å². The number of benzene rings is 2. The van der Waals surface area contributed by atoms with Crippen LogP contribution in [0.5, 0.6) is 0 Å². The number of nitrogens with one attached hydrogen (secondary N) is 1. The zero-order chi connectivity index (χ0) is 14.0. The lowest BCUT2D eigenvalue weighted by atomic mass is 10.1. The van der Waals surface area contributed by atoms with Gasteiger partial charge in [-0.3, -0.25) is 0 Å². The van der Waals surface area contributed by atoms with Crippen LogP contribution in [-0.2, 0) is 0 Å². The van der Waals surface area contributed by atoms with Gasteiger partial charge in [0, 0.05) is 22.8 Å². The first kappa shape index (κ1) is 13.7. The molecule has 0 amide bonds. The minimum absolute atomic E-state index is 0.495. The normalized spacial score (nSPS) is 10.2. The molecule has 0 aliphatic heterocycles. The van der Waals surface area contributed by atoms with Crippen LogP contribution in [0, 0.1) is 0 Å². The van der Waals surface area contributed by atoms with Gasteiger partial charge >= 0.3 is 0 Å². The molecule has 0 unspecified atom stereocenters. The summed E-state index contributed by atoms with van der Waals surface area (Å²) in [5, 5.41) is 6.85. The SMILES string of the molecule is [N-]=[N+]=NCCC=Cc1cccc(Nc2ccccc2)c1. The second-order valence-corrected chi connectivity index (χ2v) is 4.26. The van der Waals surface area contributed by atoms with Crippen LogP contribution in [0.1, 0.15) is 12.0 Å². The first-order valence-electron chi connectivity index (χ1n) is 6.48. The number of rotatable bonds is 6. The Hall–Kier alpha value is -2.71. The Morgan fingerprint density at radius 1 is 1.05 bits per heavy atom. The van der Waals surface area contributed by atoms with Crippen molar-refractivity contribution in [3.63, 3.8) is 0 Å². The van der Waals surface area contributed by atoms with E-state index in [4.69, 9.17) is 5.53 Å². The fraction of sp³-hybridized carbons (Fsp3) is 0.125. The molecule has 2 rings (SSSR count). The Bertz CT molecular complexity index is 613. The van der Waals surface area contributed by atoms with Crippen molar-refractivity contribution in [3.8, 4) is 0 Å². The van der Waals surface area contributed by atoms with E-state index in [9.17, 15) is 0 Å². The van der Waals surface area contributed by atoms with E-state index >= 15 is 0 Å². The average molecular weight is 264 g/mol. The molecule has 2 aromatic rings. The standard InChI is InChI=1S/C16H16N4/c17-20-18-12-5-4-7-14-8-6-11-16(13-14)19-15-9-2-1-3-10-15/h1-4,6-11,13,19H,5,12H2. The molecule has 4 heteroatoms. The van der Waals surface area contributed by atoms with Gasteiger partial charge in [-0.05, 0) is 41.8 Å². The Labute approximate surface area is 118 Å². The molecule has 0 saturated carbocycles. The van der Waals surface area contributed by atoms with Gasteiger partial charge in [-0.2, -0.15) is 0 Å². The Morgan fingerprint density at radius 2 is 1.85 bits per heavy atom. The van der Waals surface area contributed by atoms with Gasteiger partial charge in [0.25, 0.3) is 0 Å². The molecule has 0 aromatic heterocycles. The number of nitrogens with zero attached hydrogens (tertiary/aromatic N) is 3. The Balaban J connectivity index is 1.99. The highest BCUT2D eigenvalue weighted by molar-refractivity contribution is 5.63. The second-order valence-electron chi connectivity index (χ2n) is 4.26. The largest absolute Gasteiger partial charge is 0.356 e. The Kier molecular flexibility index (Phi) is 5.26. The van der Waals surface area contributed by atoms with Crippen LogP contribution in [0.4, 0.5) is 11.4 Å². The zero-order valence-electron chi connectivity index (χ0n) is 11.1. The molecular formula is C16H16N4. The van der Waals surface area contributed by atoms with Crippen LogP contribution in [-0.4, -0.2) is 6.54 Å². The van der Waals surface area contributed by atoms with Crippen molar-refractivity contribution in [1.82, 2.24) is 0 Å². The molecular weight excluding hydrogens is 248 g/mol. The van der Waals surface area contributed by atoms with Gasteiger partial charge in [-0.25, -0.2) is 0 Å². The number of anilines is 2. The van der Waals surface area contributed by atoms with Crippen molar-refractivity contribution >= 4 is 17.5 Å². The minimum Gasteiger partial charge on any atom is -0.356 e. The van der Waals surface area contributed by atoms with Crippen molar-refractivity contribution < 1.29 is 0 Å². The fourth-order valence-electron chi connectivity index (χ4n) is 1.80. The molecule has 1 N–H and O–H groups in total. The van der Waals surface area contributed by atoms with Crippen LogP contribution >= 0.6 is 0 Å². The summed E-state index contributed by atoms with van der Waals surface area (Å²) in [6.07, 6.45) is 4.79. The maximum atomic E-state index is 8.19. The molecule has 0 atom stereocenters. The summed E-state index contributed by atoms with van der Waals surface area (Å²) in [5.74, 6) is 0.